The number of likely N-dealkylation sites (N-methyl/N-ethyl adjacent to an activating group) is 1. The van der Waals surface area contributed by atoms with Crippen LogP contribution >= 0.6 is 0 Å². The molecule has 0 saturated carbocycles. The highest BCUT2D eigenvalue weighted by molar-refractivity contribution is 5.76. The number of carbonyl (C=O) groups is 1. The number of nitrogens with zero attached hydrogens (tertiary/aromatic N) is 1. The molecule has 0 radical (unpaired) electrons. The highest BCUT2D eigenvalue weighted by Crippen LogP contribution is 1.97. The van der Waals surface area contributed by atoms with Crippen LogP contribution in [0.25, 0.3) is 0 Å². The molecule has 0 aromatic rings. The average Bonchev–Trinajstić information content (AvgIpc) is 2.31. The topological polar surface area (TPSA) is 44.4 Å². The lowest BCUT2D eigenvalue weighted by Gasteiger charge is -2.22. The maximum Gasteiger partial charge on any atom is 0.221 e. The zero-order chi connectivity index (χ0) is 9.68. The van der Waals surface area contributed by atoms with Crippen molar-refractivity contribution in [2.75, 3.05) is 33.2 Å². The summed E-state index contributed by atoms with van der Waals surface area (Å²) in [5.74, 6) is 0.180. The first-order chi connectivity index (χ1) is 6.22. The molecule has 4 nitrogen and oxygen atoms in total. The number of hydrogen-bond donors (Lipinski definition) is 2. The highest BCUT2D eigenvalue weighted by Gasteiger charge is 2.14. The number of carbonyl (C=O) groups excluding carboxylic acids is 1. The molecule has 1 aliphatic rings. The minimum Gasteiger partial charge on any atom is -0.355 e. The predicted octanol–water partition coefficient (Wildman–Crippen LogP) is -0.584. The third-order valence-corrected chi connectivity index (χ3v) is 2.43. The highest BCUT2D eigenvalue weighted by atomic mass is 16.1. The van der Waals surface area contributed by atoms with Gasteiger partial charge in [0, 0.05) is 38.6 Å². The lowest BCUT2D eigenvalue weighted by atomic mass is 10.3. The first-order valence-corrected chi connectivity index (χ1v) is 4.88. The Morgan fingerprint density at radius 3 is 3.08 bits per heavy atom. The fourth-order valence-electron chi connectivity index (χ4n) is 1.47. The van der Waals surface area contributed by atoms with Gasteiger partial charge in [-0.1, -0.05) is 0 Å². The number of amides is 1. The molecule has 1 unspecified atom stereocenters. The summed E-state index contributed by atoms with van der Waals surface area (Å²) >= 11 is 0. The first-order valence-electron chi connectivity index (χ1n) is 4.88. The second kappa shape index (κ2) is 5.19. The van der Waals surface area contributed by atoms with Gasteiger partial charge >= 0.3 is 0 Å². The Kier molecular flexibility index (Phi) is 4.18. The molecular weight excluding hydrogens is 166 g/mol. The lowest BCUT2D eigenvalue weighted by Crippen LogP contribution is -2.39. The quantitative estimate of drug-likeness (QED) is 0.618. The molecule has 1 heterocycles. The Balaban J connectivity index is 2.29. The zero-order valence-corrected chi connectivity index (χ0v) is 8.47. The second-order valence-corrected chi connectivity index (χ2v) is 3.59. The van der Waals surface area contributed by atoms with E-state index in [0.717, 1.165) is 26.2 Å². The van der Waals surface area contributed by atoms with Gasteiger partial charge in [-0.15, -0.1) is 0 Å². The van der Waals surface area contributed by atoms with Gasteiger partial charge in [-0.2, -0.15) is 0 Å². The maximum atomic E-state index is 11.0. The molecular formula is C9H19N3O. The van der Waals surface area contributed by atoms with Crippen LogP contribution in [0.1, 0.15) is 13.3 Å². The van der Waals surface area contributed by atoms with E-state index in [1.54, 1.807) is 0 Å². The number of nitrogens with one attached hydrogen (secondary N) is 2. The second-order valence-electron chi connectivity index (χ2n) is 3.59. The average molecular weight is 185 g/mol. The van der Waals surface area contributed by atoms with E-state index in [-0.39, 0.29) is 5.91 Å². The molecule has 0 bridgehead atoms. The van der Waals surface area contributed by atoms with E-state index in [1.807, 2.05) is 7.05 Å². The van der Waals surface area contributed by atoms with Gasteiger partial charge in [-0.25, -0.2) is 0 Å². The van der Waals surface area contributed by atoms with E-state index in [9.17, 15) is 4.79 Å². The molecule has 1 aliphatic heterocycles. The minimum atomic E-state index is 0.180. The largest absolute Gasteiger partial charge is 0.355 e. The van der Waals surface area contributed by atoms with Crippen LogP contribution in [0.4, 0.5) is 0 Å². The molecule has 0 aliphatic carbocycles. The van der Waals surface area contributed by atoms with E-state index in [2.05, 4.69) is 22.5 Å². The summed E-state index contributed by atoms with van der Waals surface area (Å²) in [6.45, 7) is 5.82. The summed E-state index contributed by atoms with van der Waals surface area (Å²) < 4.78 is 0. The molecule has 1 saturated heterocycles. The molecule has 1 amide bonds. The zero-order valence-electron chi connectivity index (χ0n) is 8.47. The number of rotatable bonds is 3. The van der Waals surface area contributed by atoms with Crippen molar-refractivity contribution in [1.29, 1.82) is 0 Å². The predicted molar refractivity (Wildman–Crippen MR) is 52.6 cm³/mol. The molecule has 0 aromatic heterocycles. The smallest absolute Gasteiger partial charge is 0.221 e. The number of hydrogen-bond acceptors (Lipinski definition) is 3. The van der Waals surface area contributed by atoms with Gasteiger partial charge in [0.1, 0.15) is 0 Å². The van der Waals surface area contributed by atoms with Crippen LogP contribution < -0.4 is 10.6 Å². The molecule has 13 heavy (non-hydrogen) atoms. The molecule has 1 rings (SSSR count). The van der Waals surface area contributed by atoms with Crippen molar-refractivity contribution in [3.05, 3.63) is 0 Å². The Morgan fingerprint density at radius 2 is 2.38 bits per heavy atom. The summed E-state index contributed by atoms with van der Waals surface area (Å²) in [6.07, 6.45) is 0.635. The maximum absolute atomic E-state index is 11.0. The van der Waals surface area contributed by atoms with Crippen molar-refractivity contribution in [3.8, 4) is 0 Å². The van der Waals surface area contributed by atoms with E-state index >= 15 is 0 Å². The van der Waals surface area contributed by atoms with Gasteiger partial charge in [0.2, 0.25) is 5.91 Å². The Bertz CT molecular complexity index is 172. The van der Waals surface area contributed by atoms with Crippen LogP contribution in [0.5, 0.6) is 0 Å². The van der Waals surface area contributed by atoms with Gasteiger partial charge in [-0.3, -0.25) is 9.69 Å². The van der Waals surface area contributed by atoms with Crippen molar-refractivity contribution < 1.29 is 4.79 Å². The molecule has 1 atom stereocenters. The first kappa shape index (κ1) is 10.5. The van der Waals surface area contributed by atoms with Crippen molar-refractivity contribution in [2.24, 2.45) is 0 Å². The van der Waals surface area contributed by atoms with Gasteiger partial charge in [0.25, 0.3) is 0 Å². The van der Waals surface area contributed by atoms with Gasteiger partial charge in [0.15, 0.2) is 0 Å². The summed E-state index contributed by atoms with van der Waals surface area (Å²) in [7, 11) is 1.96. The molecule has 1 fully saturated rings. The fraction of sp³-hybridized carbons (Fsp3) is 0.889. The Hall–Kier alpha value is -0.610. The minimum absolute atomic E-state index is 0.180. The Morgan fingerprint density at radius 1 is 1.62 bits per heavy atom. The molecule has 4 heteroatoms. The van der Waals surface area contributed by atoms with Crippen LogP contribution in [-0.4, -0.2) is 50.1 Å². The summed E-state index contributed by atoms with van der Waals surface area (Å²) in [5.41, 5.74) is 0. The van der Waals surface area contributed by atoms with Crippen LogP contribution in [0.2, 0.25) is 0 Å². The Labute approximate surface area is 79.7 Å². The van der Waals surface area contributed by atoms with E-state index in [4.69, 9.17) is 0 Å². The molecule has 76 valence electrons. The van der Waals surface area contributed by atoms with E-state index in [0.29, 0.717) is 12.5 Å². The van der Waals surface area contributed by atoms with Crippen molar-refractivity contribution >= 4 is 5.91 Å². The van der Waals surface area contributed by atoms with Crippen molar-refractivity contribution in [1.82, 2.24) is 15.5 Å². The molecule has 0 aromatic carbocycles. The fourth-order valence-corrected chi connectivity index (χ4v) is 1.47. The van der Waals surface area contributed by atoms with Crippen molar-refractivity contribution in [3.63, 3.8) is 0 Å². The molecule has 2 N–H and O–H groups in total. The summed E-state index contributed by atoms with van der Waals surface area (Å²) in [6, 6.07) is 0.494. The van der Waals surface area contributed by atoms with Crippen LogP contribution in [0.15, 0.2) is 0 Å². The standard InChI is InChI=1S/C9H19N3O/c1-8(10-2)7-12-5-3-9(13)11-4-6-12/h8,10H,3-7H2,1-2H3,(H,11,13). The SMILES string of the molecule is CNC(C)CN1CCNC(=O)CC1. The van der Waals surface area contributed by atoms with Gasteiger partial charge in [-0.05, 0) is 14.0 Å². The van der Waals surface area contributed by atoms with E-state index < -0.39 is 0 Å². The van der Waals surface area contributed by atoms with Gasteiger partial charge < -0.3 is 10.6 Å². The normalized spacial score (nSPS) is 22.2. The summed E-state index contributed by atoms with van der Waals surface area (Å²) in [5, 5.41) is 6.06. The van der Waals surface area contributed by atoms with Crippen molar-refractivity contribution in [2.45, 2.75) is 19.4 Å². The van der Waals surface area contributed by atoms with Crippen LogP contribution in [-0.2, 0) is 4.79 Å². The third kappa shape index (κ3) is 3.74. The summed E-state index contributed by atoms with van der Waals surface area (Å²) in [4.78, 5) is 13.3. The monoisotopic (exact) mass is 185 g/mol. The molecule has 0 spiro atoms. The van der Waals surface area contributed by atoms with Gasteiger partial charge in [0.05, 0.1) is 0 Å². The van der Waals surface area contributed by atoms with Crippen LogP contribution in [0.3, 0.4) is 0 Å². The lowest BCUT2D eigenvalue weighted by molar-refractivity contribution is -0.120. The van der Waals surface area contributed by atoms with E-state index in [1.165, 1.54) is 0 Å². The van der Waals surface area contributed by atoms with Crippen LogP contribution in [0, 0.1) is 0 Å². The third-order valence-electron chi connectivity index (χ3n) is 2.43.